The summed E-state index contributed by atoms with van der Waals surface area (Å²) in [5.74, 6) is 1.26. The second-order valence-corrected chi connectivity index (χ2v) is 12.2. The summed E-state index contributed by atoms with van der Waals surface area (Å²) in [5.41, 5.74) is 2.84. The number of thiophene rings is 1. The summed E-state index contributed by atoms with van der Waals surface area (Å²) in [7, 11) is 0. The van der Waals surface area contributed by atoms with Crippen LogP contribution in [0.4, 0.5) is 5.00 Å². The predicted molar refractivity (Wildman–Crippen MR) is 144 cm³/mol. The summed E-state index contributed by atoms with van der Waals surface area (Å²) in [6.45, 7) is 11.2. The molecular weight excluding hydrogens is 498 g/mol. The second-order valence-electron chi connectivity index (χ2n) is 9.67. The number of nitrogens with zero attached hydrogens (tertiary/aromatic N) is 4. The van der Waals surface area contributed by atoms with E-state index < -0.39 is 0 Å². The molecule has 0 bridgehead atoms. The van der Waals surface area contributed by atoms with Gasteiger partial charge in [-0.2, -0.15) is 5.26 Å². The van der Waals surface area contributed by atoms with Gasteiger partial charge in [-0.25, -0.2) is 0 Å². The Kier molecular flexibility index (Phi) is 7.70. The molecule has 0 spiro atoms. The summed E-state index contributed by atoms with van der Waals surface area (Å²) in [6.07, 6.45) is 4.69. The Labute approximate surface area is 219 Å². The van der Waals surface area contributed by atoms with Crippen LogP contribution < -0.4 is 5.32 Å². The van der Waals surface area contributed by atoms with Gasteiger partial charge in [-0.3, -0.25) is 9.36 Å². The number of carbonyl (C=O) groups excluding carboxylic acids is 1. The van der Waals surface area contributed by atoms with Crippen LogP contribution in [0, 0.1) is 22.7 Å². The number of aromatic nitrogens is 3. The van der Waals surface area contributed by atoms with E-state index in [1.165, 1.54) is 16.6 Å². The van der Waals surface area contributed by atoms with Gasteiger partial charge in [0.15, 0.2) is 11.0 Å². The molecule has 0 saturated heterocycles. The number of carbonyl (C=O) groups is 1. The number of nitrogens with one attached hydrogen (secondary N) is 1. The van der Waals surface area contributed by atoms with E-state index in [0.29, 0.717) is 39.0 Å². The molecule has 2 aromatic heterocycles. The van der Waals surface area contributed by atoms with Crippen molar-refractivity contribution < 1.29 is 4.79 Å². The van der Waals surface area contributed by atoms with E-state index in [9.17, 15) is 10.1 Å². The highest BCUT2D eigenvalue weighted by Gasteiger charge is 2.32. The highest BCUT2D eigenvalue weighted by molar-refractivity contribution is 7.99. The smallest absolute Gasteiger partial charge is 0.235 e. The fraction of sp³-hybridized carbons (Fsp3) is 0.385. The molecular formula is C26H28ClN5OS2. The molecule has 35 heavy (non-hydrogen) atoms. The molecule has 0 fully saturated rings. The van der Waals surface area contributed by atoms with Crippen molar-refractivity contribution in [3.63, 3.8) is 0 Å². The van der Waals surface area contributed by atoms with E-state index in [-0.39, 0.29) is 17.1 Å². The first-order chi connectivity index (χ1) is 16.7. The number of thioether (sulfide) groups is 1. The highest BCUT2D eigenvalue weighted by Crippen LogP contribution is 2.44. The molecule has 1 aliphatic carbocycles. The lowest BCUT2D eigenvalue weighted by atomic mass is 9.72. The van der Waals surface area contributed by atoms with Crippen molar-refractivity contribution in [2.75, 3.05) is 11.1 Å². The summed E-state index contributed by atoms with van der Waals surface area (Å²) < 4.78 is 1.92. The number of benzene rings is 1. The van der Waals surface area contributed by atoms with Crippen LogP contribution in [0.5, 0.6) is 0 Å². The maximum Gasteiger partial charge on any atom is 0.235 e. The minimum absolute atomic E-state index is 0.161. The molecule has 1 atom stereocenters. The van der Waals surface area contributed by atoms with E-state index in [2.05, 4.69) is 48.9 Å². The van der Waals surface area contributed by atoms with Gasteiger partial charge in [0.2, 0.25) is 5.91 Å². The Hall–Kier alpha value is -2.60. The monoisotopic (exact) mass is 525 g/mol. The van der Waals surface area contributed by atoms with Gasteiger partial charge < -0.3 is 5.32 Å². The van der Waals surface area contributed by atoms with Crippen molar-refractivity contribution in [3.8, 4) is 17.5 Å². The van der Waals surface area contributed by atoms with Gasteiger partial charge in [0.1, 0.15) is 11.1 Å². The fourth-order valence-corrected chi connectivity index (χ4v) is 6.49. The van der Waals surface area contributed by atoms with Crippen molar-refractivity contribution in [1.29, 1.82) is 5.26 Å². The van der Waals surface area contributed by atoms with E-state index in [1.54, 1.807) is 29.5 Å². The SMILES string of the molecule is C=CCn1c(SCC(=O)Nc2sc3c(c2C#N)CCC(C(C)(C)C)C3)nnc1-c1ccc(Cl)cc1. The standard InChI is InChI=1S/C26H28ClN5OS2/c1-5-12-32-23(16-6-9-18(27)10-7-16)30-31-25(32)34-15-22(33)29-24-20(14-28)19-11-8-17(26(2,3)4)13-21(19)35-24/h5-7,9-10,17H,1,8,11-13,15H2,2-4H3,(H,29,33). The Balaban J connectivity index is 1.47. The number of allylic oxidation sites excluding steroid dienone is 1. The van der Waals surface area contributed by atoms with Gasteiger partial charge in [-0.1, -0.05) is 50.2 Å². The molecule has 0 radical (unpaired) electrons. The second kappa shape index (κ2) is 10.6. The number of rotatable bonds is 7. The molecule has 2 heterocycles. The first kappa shape index (κ1) is 25.5. The van der Waals surface area contributed by atoms with Gasteiger partial charge in [-0.05, 0) is 60.4 Å². The Morgan fingerprint density at radius 1 is 1.37 bits per heavy atom. The van der Waals surface area contributed by atoms with E-state index in [1.807, 2.05) is 16.7 Å². The summed E-state index contributed by atoms with van der Waals surface area (Å²) >= 11 is 8.87. The number of halogens is 1. The van der Waals surface area contributed by atoms with Crippen molar-refractivity contribution in [3.05, 3.63) is 57.9 Å². The van der Waals surface area contributed by atoms with Crippen molar-refractivity contribution in [1.82, 2.24) is 14.8 Å². The third-order valence-corrected chi connectivity index (χ3v) is 8.71. The molecule has 1 aromatic carbocycles. The topological polar surface area (TPSA) is 83.6 Å². The third-order valence-electron chi connectivity index (χ3n) is 6.32. The van der Waals surface area contributed by atoms with Crippen molar-refractivity contribution in [2.24, 2.45) is 11.3 Å². The van der Waals surface area contributed by atoms with Crippen LogP contribution in [-0.2, 0) is 24.2 Å². The molecule has 1 aliphatic rings. The van der Waals surface area contributed by atoms with Gasteiger partial charge in [0.05, 0.1) is 11.3 Å². The number of nitriles is 1. The number of amides is 1. The predicted octanol–water partition coefficient (Wildman–Crippen LogP) is 6.60. The lowest BCUT2D eigenvalue weighted by Crippen LogP contribution is -2.26. The zero-order chi connectivity index (χ0) is 25.2. The van der Waals surface area contributed by atoms with E-state index in [0.717, 1.165) is 30.4 Å². The van der Waals surface area contributed by atoms with Gasteiger partial charge in [0, 0.05) is 22.0 Å². The van der Waals surface area contributed by atoms with E-state index >= 15 is 0 Å². The first-order valence-corrected chi connectivity index (χ1v) is 13.7. The molecule has 1 unspecified atom stereocenters. The fourth-order valence-electron chi connectivity index (χ4n) is 4.33. The summed E-state index contributed by atoms with van der Waals surface area (Å²) in [6, 6.07) is 9.72. The van der Waals surface area contributed by atoms with Crippen LogP contribution >= 0.6 is 34.7 Å². The Morgan fingerprint density at radius 2 is 2.11 bits per heavy atom. The number of fused-ring (bicyclic) bond motifs is 1. The van der Waals surface area contributed by atoms with Gasteiger partial charge in [-0.15, -0.1) is 28.1 Å². The van der Waals surface area contributed by atoms with Crippen molar-refractivity contribution in [2.45, 2.75) is 51.7 Å². The lowest BCUT2D eigenvalue weighted by molar-refractivity contribution is -0.113. The normalized spacial score (nSPS) is 15.3. The Morgan fingerprint density at radius 3 is 2.77 bits per heavy atom. The van der Waals surface area contributed by atoms with Crippen LogP contribution in [0.2, 0.25) is 5.02 Å². The molecule has 0 aliphatic heterocycles. The van der Waals surface area contributed by atoms with Crippen LogP contribution in [-0.4, -0.2) is 26.4 Å². The van der Waals surface area contributed by atoms with Gasteiger partial charge in [0.25, 0.3) is 0 Å². The minimum Gasteiger partial charge on any atom is -0.316 e. The van der Waals surface area contributed by atoms with Crippen LogP contribution in [0.1, 0.15) is 43.2 Å². The minimum atomic E-state index is -0.168. The van der Waals surface area contributed by atoms with Crippen LogP contribution in [0.3, 0.4) is 0 Å². The van der Waals surface area contributed by atoms with Crippen molar-refractivity contribution >= 4 is 45.6 Å². The number of anilines is 1. The quantitative estimate of drug-likeness (QED) is 0.277. The molecule has 182 valence electrons. The average Bonchev–Trinajstić information content (AvgIpc) is 3.37. The third kappa shape index (κ3) is 5.64. The lowest BCUT2D eigenvalue weighted by Gasteiger charge is -2.33. The Bertz CT molecular complexity index is 1280. The molecule has 9 heteroatoms. The molecule has 4 rings (SSSR count). The molecule has 0 saturated carbocycles. The highest BCUT2D eigenvalue weighted by atomic mass is 35.5. The molecule has 1 amide bonds. The zero-order valence-corrected chi connectivity index (χ0v) is 22.5. The first-order valence-electron chi connectivity index (χ1n) is 11.5. The maximum atomic E-state index is 12.8. The number of hydrogen-bond donors (Lipinski definition) is 1. The average molecular weight is 526 g/mol. The molecule has 1 N–H and O–H groups in total. The maximum absolute atomic E-state index is 12.8. The van der Waals surface area contributed by atoms with Crippen LogP contribution in [0.25, 0.3) is 11.4 Å². The summed E-state index contributed by atoms with van der Waals surface area (Å²) in [4.78, 5) is 14.1. The van der Waals surface area contributed by atoms with Crippen LogP contribution in [0.15, 0.2) is 42.1 Å². The summed E-state index contributed by atoms with van der Waals surface area (Å²) in [5, 5.41) is 23.3. The van der Waals surface area contributed by atoms with E-state index in [4.69, 9.17) is 11.6 Å². The number of hydrogen-bond acceptors (Lipinski definition) is 6. The van der Waals surface area contributed by atoms with Gasteiger partial charge >= 0.3 is 0 Å². The molecule has 6 nitrogen and oxygen atoms in total. The molecule has 3 aromatic rings. The zero-order valence-electron chi connectivity index (χ0n) is 20.1. The largest absolute Gasteiger partial charge is 0.316 e.